The molecule has 0 aliphatic heterocycles. The first-order valence-electron chi connectivity index (χ1n) is 9.15. The highest BCUT2D eigenvalue weighted by molar-refractivity contribution is 5.63. The van der Waals surface area contributed by atoms with Crippen molar-refractivity contribution in [2.24, 2.45) is 0 Å². The molecule has 1 unspecified atom stereocenters. The number of carboxylic acid groups (broad SMARTS) is 1. The molecule has 0 amide bonds. The van der Waals surface area contributed by atoms with Crippen LogP contribution in [0.1, 0.15) is 96.3 Å². The van der Waals surface area contributed by atoms with Gasteiger partial charge < -0.3 is 20.1 Å². The van der Waals surface area contributed by atoms with Gasteiger partial charge in [0.1, 0.15) is 0 Å². The van der Waals surface area contributed by atoms with Crippen LogP contribution in [0.2, 0.25) is 0 Å². The van der Waals surface area contributed by atoms with Crippen LogP contribution in [0, 0.1) is 0 Å². The van der Waals surface area contributed by atoms with E-state index < -0.39 is 5.97 Å². The highest BCUT2D eigenvalue weighted by Crippen LogP contribution is 2.14. The summed E-state index contributed by atoms with van der Waals surface area (Å²) in [4.78, 5) is 10.2. The third kappa shape index (κ3) is 17.4. The number of aliphatic hydroxyl groups is 2. The number of aliphatic hydroxyl groups excluding tert-OH is 2. The Hall–Kier alpha value is -0.610. The largest absolute Gasteiger partial charge is 0.550 e. The van der Waals surface area contributed by atoms with Gasteiger partial charge in [0.15, 0.2) is 0 Å². The zero-order valence-corrected chi connectivity index (χ0v) is 14.1. The maximum Gasteiger partial charge on any atom is 0.0540 e. The van der Waals surface area contributed by atoms with E-state index in [9.17, 15) is 15.0 Å². The number of hydrogen-bond acceptors (Lipinski definition) is 4. The minimum atomic E-state index is -0.955. The zero-order chi connectivity index (χ0) is 16.5. The molecule has 0 aromatic rings. The quantitative estimate of drug-likeness (QED) is 0.404. The number of carbonyl (C=O) groups is 1. The Balaban J connectivity index is 3.16. The van der Waals surface area contributed by atoms with Crippen molar-refractivity contribution < 1.29 is 20.1 Å². The molecule has 0 aliphatic rings. The smallest absolute Gasteiger partial charge is 0.0540 e. The van der Waals surface area contributed by atoms with Crippen LogP contribution in [-0.4, -0.2) is 28.9 Å². The first kappa shape index (κ1) is 21.4. The second-order valence-electron chi connectivity index (χ2n) is 6.32. The summed E-state index contributed by atoms with van der Waals surface area (Å²) in [6, 6.07) is 0. The molecule has 0 aromatic carbocycles. The molecule has 0 radical (unpaired) electrons. The molecule has 0 saturated heterocycles. The summed E-state index contributed by atoms with van der Waals surface area (Å²) < 4.78 is 0. The topological polar surface area (TPSA) is 80.6 Å². The summed E-state index contributed by atoms with van der Waals surface area (Å²) >= 11 is 0. The van der Waals surface area contributed by atoms with Gasteiger partial charge >= 0.3 is 0 Å². The van der Waals surface area contributed by atoms with E-state index in [-0.39, 0.29) is 12.5 Å². The van der Waals surface area contributed by atoms with Crippen LogP contribution < -0.4 is 5.11 Å². The van der Waals surface area contributed by atoms with E-state index in [4.69, 9.17) is 5.11 Å². The van der Waals surface area contributed by atoms with E-state index in [1.54, 1.807) is 0 Å². The van der Waals surface area contributed by atoms with Gasteiger partial charge in [-0.25, -0.2) is 0 Å². The van der Waals surface area contributed by atoms with Crippen LogP contribution in [0.3, 0.4) is 0 Å². The van der Waals surface area contributed by atoms with E-state index in [1.165, 1.54) is 25.7 Å². The molecule has 4 nitrogen and oxygen atoms in total. The van der Waals surface area contributed by atoms with Gasteiger partial charge in [0.25, 0.3) is 0 Å². The number of rotatable bonds is 17. The molecule has 0 bridgehead atoms. The Bertz CT molecular complexity index is 243. The Morgan fingerprint density at radius 3 is 1.59 bits per heavy atom. The van der Waals surface area contributed by atoms with E-state index in [0.717, 1.165) is 57.8 Å². The number of unbranched alkanes of at least 4 members (excludes halogenated alkanes) is 10. The molecule has 2 N–H and O–H groups in total. The molecule has 22 heavy (non-hydrogen) atoms. The Morgan fingerprint density at radius 1 is 0.727 bits per heavy atom. The number of hydrogen-bond donors (Lipinski definition) is 2. The van der Waals surface area contributed by atoms with Crippen molar-refractivity contribution in [3.63, 3.8) is 0 Å². The van der Waals surface area contributed by atoms with Crippen molar-refractivity contribution in [2.45, 2.75) is 102 Å². The fraction of sp³-hybridized carbons (Fsp3) is 0.944. The third-order valence-corrected chi connectivity index (χ3v) is 4.11. The van der Waals surface area contributed by atoms with Crippen LogP contribution in [0.5, 0.6) is 0 Å². The molecular weight excluding hydrogens is 280 g/mol. The van der Waals surface area contributed by atoms with Crippen molar-refractivity contribution in [1.29, 1.82) is 0 Å². The summed E-state index contributed by atoms with van der Waals surface area (Å²) in [6.07, 6.45) is 14.6. The summed E-state index contributed by atoms with van der Waals surface area (Å²) in [5.74, 6) is -0.955. The van der Waals surface area contributed by atoms with Gasteiger partial charge in [-0.15, -0.1) is 0 Å². The van der Waals surface area contributed by atoms with Crippen molar-refractivity contribution in [2.75, 3.05) is 6.61 Å². The van der Waals surface area contributed by atoms with Crippen molar-refractivity contribution in [3.8, 4) is 0 Å². The maximum absolute atomic E-state index is 10.2. The lowest BCUT2D eigenvalue weighted by molar-refractivity contribution is -0.305. The van der Waals surface area contributed by atoms with Gasteiger partial charge in [0.05, 0.1) is 6.10 Å². The molecule has 0 aliphatic carbocycles. The Labute approximate surface area is 135 Å². The van der Waals surface area contributed by atoms with Gasteiger partial charge in [-0.3, -0.25) is 0 Å². The monoisotopic (exact) mass is 315 g/mol. The van der Waals surface area contributed by atoms with Crippen LogP contribution in [0.4, 0.5) is 0 Å². The normalized spacial score (nSPS) is 12.5. The maximum atomic E-state index is 10.2. The molecule has 0 aromatic heterocycles. The number of carbonyl (C=O) groups excluding carboxylic acids is 1. The predicted molar refractivity (Wildman–Crippen MR) is 87.4 cm³/mol. The zero-order valence-electron chi connectivity index (χ0n) is 14.1. The lowest BCUT2D eigenvalue weighted by Gasteiger charge is -2.10. The molecule has 4 heteroatoms. The van der Waals surface area contributed by atoms with Gasteiger partial charge in [-0.2, -0.15) is 0 Å². The predicted octanol–water partition coefficient (Wildman–Crippen LogP) is 2.94. The average molecular weight is 315 g/mol. The highest BCUT2D eigenvalue weighted by Gasteiger charge is 2.03. The second-order valence-corrected chi connectivity index (χ2v) is 6.32. The van der Waals surface area contributed by atoms with E-state index >= 15 is 0 Å². The van der Waals surface area contributed by atoms with E-state index in [1.807, 2.05) is 0 Å². The molecule has 0 heterocycles. The third-order valence-electron chi connectivity index (χ3n) is 4.11. The lowest BCUT2D eigenvalue weighted by Crippen LogP contribution is -2.21. The first-order valence-corrected chi connectivity index (χ1v) is 9.15. The molecule has 0 spiro atoms. The molecular formula is C18H35O4-. The highest BCUT2D eigenvalue weighted by atomic mass is 16.4. The lowest BCUT2D eigenvalue weighted by atomic mass is 10.0. The van der Waals surface area contributed by atoms with E-state index in [0.29, 0.717) is 13.0 Å². The summed E-state index contributed by atoms with van der Waals surface area (Å²) in [7, 11) is 0. The fourth-order valence-corrected chi connectivity index (χ4v) is 2.70. The van der Waals surface area contributed by atoms with Gasteiger partial charge in [-0.1, -0.05) is 64.2 Å². The Kier molecular flexibility index (Phi) is 16.3. The van der Waals surface area contributed by atoms with Gasteiger partial charge in [-0.05, 0) is 32.1 Å². The molecule has 132 valence electrons. The van der Waals surface area contributed by atoms with Crippen molar-refractivity contribution in [3.05, 3.63) is 0 Å². The van der Waals surface area contributed by atoms with Crippen LogP contribution in [0.15, 0.2) is 0 Å². The molecule has 1 atom stereocenters. The van der Waals surface area contributed by atoms with Crippen molar-refractivity contribution in [1.82, 2.24) is 0 Å². The number of aliphatic carboxylic acids is 1. The van der Waals surface area contributed by atoms with E-state index in [2.05, 4.69) is 0 Å². The average Bonchev–Trinajstić information content (AvgIpc) is 2.48. The molecule has 0 rings (SSSR count). The summed E-state index contributed by atoms with van der Waals surface area (Å²) in [6.45, 7) is 0.308. The molecule has 0 fully saturated rings. The fourth-order valence-electron chi connectivity index (χ4n) is 2.70. The minimum Gasteiger partial charge on any atom is -0.550 e. The summed E-state index contributed by atoms with van der Waals surface area (Å²) in [5.41, 5.74) is 0. The first-order chi connectivity index (χ1) is 10.7. The Morgan fingerprint density at radius 2 is 1.14 bits per heavy atom. The van der Waals surface area contributed by atoms with Crippen LogP contribution in [-0.2, 0) is 4.79 Å². The standard InChI is InChI=1S/C18H36O4/c19-16-12-8-3-1-2-5-9-13-17(20)14-10-6-4-7-11-15-18(21)22/h17,19-20H,1-16H2,(H,21,22)/p-1. The number of carboxylic acids is 1. The molecule has 0 saturated carbocycles. The van der Waals surface area contributed by atoms with Crippen LogP contribution >= 0.6 is 0 Å². The van der Waals surface area contributed by atoms with Crippen molar-refractivity contribution >= 4 is 5.97 Å². The van der Waals surface area contributed by atoms with Gasteiger partial charge in [0, 0.05) is 12.6 Å². The van der Waals surface area contributed by atoms with Crippen LogP contribution in [0.25, 0.3) is 0 Å². The van der Waals surface area contributed by atoms with Gasteiger partial charge in [0.2, 0.25) is 0 Å². The second kappa shape index (κ2) is 16.8. The minimum absolute atomic E-state index is 0.169. The SMILES string of the molecule is O=C([O-])CCCCCCCC(O)CCCCCCCCCO. The summed E-state index contributed by atoms with van der Waals surface area (Å²) in [5, 5.41) is 28.8.